The van der Waals surface area contributed by atoms with Crippen molar-refractivity contribution in [1.82, 2.24) is 0 Å². The lowest BCUT2D eigenvalue weighted by Gasteiger charge is -2.09. The second-order valence-electron chi connectivity index (χ2n) is 4.74. The van der Waals surface area contributed by atoms with Crippen molar-refractivity contribution in [3.8, 4) is 11.8 Å². The molecule has 0 saturated heterocycles. The molecule has 1 aromatic carbocycles. The van der Waals surface area contributed by atoms with E-state index in [0.29, 0.717) is 10.8 Å². The summed E-state index contributed by atoms with van der Waals surface area (Å²) in [6.07, 6.45) is 0.850. The van der Waals surface area contributed by atoms with Gasteiger partial charge in [-0.1, -0.05) is 19.1 Å². The minimum atomic E-state index is -3.16. The fraction of sp³-hybridized carbons (Fsp3) is 0.467. The Morgan fingerprint density at radius 2 is 1.67 bits per heavy atom. The number of sulfone groups is 1. The summed E-state index contributed by atoms with van der Waals surface area (Å²) in [6, 6.07) is 7.14. The lowest BCUT2D eigenvalue weighted by atomic mass is 10.0. The fourth-order valence-corrected chi connectivity index (χ4v) is 2.80. The second-order valence-corrected chi connectivity index (χ2v) is 7.24. The Morgan fingerprint density at radius 3 is 2.11 bits per heavy atom. The van der Waals surface area contributed by atoms with Crippen molar-refractivity contribution in [2.75, 3.05) is 0 Å². The Bertz CT molecular complexity index is 542. The normalized spacial score (nSPS) is 12.9. The first kappa shape index (κ1) is 14.8. The quantitative estimate of drug-likeness (QED) is 0.783. The van der Waals surface area contributed by atoms with Crippen molar-refractivity contribution in [3.63, 3.8) is 0 Å². The molecule has 3 heteroatoms. The summed E-state index contributed by atoms with van der Waals surface area (Å²) in [5.74, 6) is 6.28. The monoisotopic (exact) mass is 264 g/mol. The Hall–Kier alpha value is -1.27. The average molecular weight is 264 g/mol. The molecular weight excluding hydrogens is 244 g/mol. The van der Waals surface area contributed by atoms with Crippen LogP contribution in [0.2, 0.25) is 0 Å². The lowest BCUT2D eigenvalue weighted by Crippen LogP contribution is -2.13. The van der Waals surface area contributed by atoms with Crippen LogP contribution in [0, 0.1) is 17.8 Å². The van der Waals surface area contributed by atoms with Gasteiger partial charge in [0.25, 0.3) is 0 Å². The van der Waals surface area contributed by atoms with Crippen molar-refractivity contribution >= 4 is 9.84 Å². The van der Waals surface area contributed by atoms with E-state index in [2.05, 4.69) is 18.8 Å². The van der Waals surface area contributed by atoms with Gasteiger partial charge >= 0.3 is 0 Å². The first-order valence-electron chi connectivity index (χ1n) is 6.13. The smallest absolute Gasteiger partial charge is 0.180 e. The van der Waals surface area contributed by atoms with Crippen LogP contribution in [-0.4, -0.2) is 13.7 Å². The molecule has 0 aliphatic rings. The van der Waals surface area contributed by atoms with E-state index in [-0.39, 0.29) is 5.25 Å². The Labute approximate surface area is 110 Å². The van der Waals surface area contributed by atoms with E-state index in [9.17, 15) is 8.42 Å². The van der Waals surface area contributed by atoms with Crippen LogP contribution < -0.4 is 0 Å². The Morgan fingerprint density at radius 1 is 1.11 bits per heavy atom. The molecule has 98 valence electrons. The first-order chi connectivity index (χ1) is 8.37. The predicted octanol–water partition coefficient (Wildman–Crippen LogP) is 3.07. The summed E-state index contributed by atoms with van der Waals surface area (Å²) < 4.78 is 23.9. The standard InChI is InChI=1S/C15H20O2S/c1-5-6-13(4)11-14-7-9-15(10-8-14)18(16,17)12(2)3/h7-10,12-13H,11H2,1-4H3. The molecule has 0 aliphatic carbocycles. The molecule has 0 saturated carbocycles. The maximum absolute atomic E-state index is 11.9. The molecule has 18 heavy (non-hydrogen) atoms. The van der Waals surface area contributed by atoms with Gasteiger partial charge in [-0.2, -0.15) is 0 Å². The van der Waals surface area contributed by atoms with Crippen LogP contribution in [-0.2, 0) is 16.3 Å². The van der Waals surface area contributed by atoms with Gasteiger partial charge in [-0.3, -0.25) is 0 Å². The molecule has 0 bridgehead atoms. The van der Waals surface area contributed by atoms with Crippen molar-refractivity contribution in [1.29, 1.82) is 0 Å². The first-order valence-corrected chi connectivity index (χ1v) is 7.67. The van der Waals surface area contributed by atoms with Crippen LogP contribution in [0.4, 0.5) is 0 Å². The van der Waals surface area contributed by atoms with Gasteiger partial charge in [0, 0.05) is 5.92 Å². The summed E-state index contributed by atoms with van der Waals surface area (Å²) in [7, 11) is -3.16. The summed E-state index contributed by atoms with van der Waals surface area (Å²) in [4.78, 5) is 0.399. The number of hydrogen-bond acceptors (Lipinski definition) is 2. The molecule has 0 amide bonds. The largest absolute Gasteiger partial charge is 0.223 e. The minimum absolute atomic E-state index is 0.294. The van der Waals surface area contributed by atoms with E-state index >= 15 is 0 Å². The maximum atomic E-state index is 11.9. The topological polar surface area (TPSA) is 34.1 Å². The summed E-state index contributed by atoms with van der Waals surface area (Å²) in [5, 5.41) is -0.381. The second kappa shape index (κ2) is 6.06. The van der Waals surface area contributed by atoms with Crippen molar-refractivity contribution < 1.29 is 8.42 Å². The number of hydrogen-bond donors (Lipinski definition) is 0. The van der Waals surface area contributed by atoms with E-state index in [4.69, 9.17) is 0 Å². The Kier molecular flexibility index (Phi) is 4.98. The molecular formula is C15H20O2S. The van der Waals surface area contributed by atoms with Gasteiger partial charge in [-0.05, 0) is 44.9 Å². The molecule has 0 radical (unpaired) electrons. The van der Waals surface area contributed by atoms with Gasteiger partial charge in [-0.25, -0.2) is 8.42 Å². The van der Waals surface area contributed by atoms with Gasteiger partial charge in [0.05, 0.1) is 10.1 Å². The van der Waals surface area contributed by atoms with Gasteiger partial charge in [0.15, 0.2) is 9.84 Å². The third-order valence-corrected chi connectivity index (χ3v) is 4.98. The molecule has 1 atom stereocenters. The number of benzene rings is 1. The van der Waals surface area contributed by atoms with Crippen LogP contribution >= 0.6 is 0 Å². The van der Waals surface area contributed by atoms with E-state index in [0.717, 1.165) is 12.0 Å². The van der Waals surface area contributed by atoms with Gasteiger partial charge in [-0.15, -0.1) is 11.8 Å². The summed E-state index contributed by atoms with van der Waals surface area (Å²) >= 11 is 0. The SMILES string of the molecule is CC#CC(C)Cc1ccc(S(=O)(=O)C(C)C)cc1. The van der Waals surface area contributed by atoms with Gasteiger partial charge in [0.1, 0.15) is 0 Å². The third kappa shape index (κ3) is 3.61. The molecule has 0 fully saturated rings. The highest BCUT2D eigenvalue weighted by atomic mass is 32.2. The van der Waals surface area contributed by atoms with Gasteiger partial charge < -0.3 is 0 Å². The van der Waals surface area contributed by atoms with E-state index in [1.807, 2.05) is 19.1 Å². The molecule has 1 aromatic rings. The molecule has 0 aromatic heterocycles. The van der Waals surface area contributed by atoms with Crippen LogP contribution in [0.1, 0.15) is 33.3 Å². The summed E-state index contributed by atoms with van der Waals surface area (Å²) in [5.41, 5.74) is 1.12. The van der Waals surface area contributed by atoms with Gasteiger partial charge in [0.2, 0.25) is 0 Å². The lowest BCUT2D eigenvalue weighted by molar-refractivity contribution is 0.587. The predicted molar refractivity (Wildman–Crippen MR) is 75.1 cm³/mol. The minimum Gasteiger partial charge on any atom is -0.223 e. The molecule has 0 N–H and O–H groups in total. The van der Waals surface area contributed by atoms with Crippen LogP contribution in [0.5, 0.6) is 0 Å². The maximum Gasteiger partial charge on any atom is 0.180 e. The van der Waals surface area contributed by atoms with E-state index in [1.165, 1.54) is 0 Å². The summed E-state index contributed by atoms with van der Waals surface area (Å²) in [6.45, 7) is 7.29. The highest BCUT2D eigenvalue weighted by molar-refractivity contribution is 7.92. The van der Waals surface area contributed by atoms with Crippen LogP contribution in [0.3, 0.4) is 0 Å². The van der Waals surface area contributed by atoms with Crippen LogP contribution in [0.25, 0.3) is 0 Å². The average Bonchev–Trinajstić information content (AvgIpc) is 2.29. The molecule has 2 nitrogen and oxygen atoms in total. The molecule has 1 rings (SSSR count). The Balaban J connectivity index is 2.89. The zero-order chi connectivity index (χ0) is 13.8. The molecule has 0 aliphatic heterocycles. The van der Waals surface area contributed by atoms with Crippen LogP contribution in [0.15, 0.2) is 29.2 Å². The molecule has 0 spiro atoms. The van der Waals surface area contributed by atoms with Crippen molar-refractivity contribution in [2.24, 2.45) is 5.92 Å². The highest BCUT2D eigenvalue weighted by Crippen LogP contribution is 2.17. The zero-order valence-electron chi connectivity index (χ0n) is 11.4. The molecule has 1 unspecified atom stereocenters. The highest BCUT2D eigenvalue weighted by Gasteiger charge is 2.18. The zero-order valence-corrected chi connectivity index (χ0v) is 12.2. The van der Waals surface area contributed by atoms with E-state index in [1.54, 1.807) is 26.0 Å². The fourth-order valence-electron chi connectivity index (χ4n) is 1.74. The third-order valence-electron chi connectivity index (χ3n) is 2.81. The number of rotatable bonds is 4. The molecule has 0 heterocycles. The van der Waals surface area contributed by atoms with Crippen molar-refractivity contribution in [3.05, 3.63) is 29.8 Å². The van der Waals surface area contributed by atoms with Crippen molar-refractivity contribution in [2.45, 2.75) is 44.3 Å². The van der Waals surface area contributed by atoms with E-state index < -0.39 is 9.84 Å².